The Balaban J connectivity index is 1.97. The Morgan fingerprint density at radius 1 is 1.00 bits per heavy atom. The lowest BCUT2D eigenvalue weighted by molar-refractivity contribution is -0.129. The molecule has 0 saturated heterocycles. The lowest BCUT2D eigenvalue weighted by Gasteiger charge is -2.22. The number of sulfonamides is 1. The fourth-order valence-electron chi connectivity index (χ4n) is 2.64. The average Bonchev–Trinajstić information content (AvgIpc) is 2.71. The van der Waals surface area contributed by atoms with E-state index in [0.29, 0.717) is 24.5 Å². The second kappa shape index (κ2) is 9.71. The molecular formula is C20H25FN2O5S. The highest BCUT2D eigenvalue weighted by molar-refractivity contribution is 7.89. The number of nitrogens with zero attached hydrogens (tertiary/aromatic N) is 2. The maximum Gasteiger partial charge on any atom is 0.243 e. The Hall–Kier alpha value is -2.65. The van der Waals surface area contributed by atoms with Crippen molar-refractivity contribution in [2.75, 3.05) is 41.4 Å². The first-order chi connectivity index (χ1) is 13.7. The van der Waals surface area contributed by atoms with Gasteiger partial charge in [-0.05, 0) is 48.4 Å². The molecule has 2 aromatic carbocycles. The van der Waals surface area contributed by atoms with E-state index < -0.39 is 15.8 Å². The highest BCUT2D eigenvalue weighted by atomic mass is 32.2. The van der Waals surface area contributed by atoms with Crippen molar-refractivity contribution >= 4 is 15.9 Å². The van der Waals surface area contributed by atoms with Gasteiger partial charge in [-0.3, -0.25) is 4.79 Å². The minimum atomic E-state index is -3.88. The van der Waals surface area contributed by atoms with Crippen LogP contribution < -0.4 is 9.47 Å². The fourth-order valence-corrected chi connectivity index (χ4v) is 3.76. The van der Waals surface area contributed by atoms with Crippen molar-refractivity contribution in [2.24, 2.45) is 0 Å². The quantitative estimate of drug-likeness (QED) is 0.617. The Kier molecular flexibility index (Phi) is 7.58. The summed E-state index contributed by atoms with van der Waals surface area (Å²) in [5.74, 6) is 0.341. The van der Waals surface area contributed by atoms with Gasteiger partial charge in [0.15, 0.2) is 11.5 Å². The zero-order chi connectivity index (χ0) is 21.6. The predicted octanol–water partition coefficient (Wildman–Crippen LogP) is 2.16. The van der Waals surface area contributed by atoms with Crippen molar-refractivity contribution in [1.29, 1.82) is 0 Å². The van der Waals surface area contributed by atoms with E-state index in [1.807, 2.05) is 12.1 Å². The van der Waals surface area contributed by atoms with E-state index in [1.54, 1.807) is 27.3 Å². The number of carbonyl (C=O) groups is 1. The first-order valence-corrected chi connectivity index (χ1v) is 10.3. The minimum absolute atomic E-state index is 0.0674. The summed E-state index contributed by atoms with van der Waals surface area (Å²) in [6.45, 7) is 0.0842. The monoisotopic (exact) mass is 424 g/mol. The largest absolute Gasteiger partial charge is 0.493 e. The third-order valence-electron chi connectivity index (χ3n) is 4.49. The van der Waals surface area contributed by atoms with Crippen LogP contribution in [0.15, 0.2) is 47.4 Å². The summed E-state index contributed by atoms with van der Waals surface area (Å²) in [4.78, 5) is 13.8. The van der Waals surface area contributed by atoms with Crippen LogP contribution in [0.5, 0.6) is 11.5 Å². The van der Waals surface area contributed by atoms with E-state index >= 15 is 0 Å². The number of methoxy groups -OCH3 is 2. The van der Waals surface area contributed by atoms with Gasteiger partial charge in [-0.1, -0.05) is 6.07 Å². The summed E-state index contributed by atoms with van der Waals surface area (Å²) < 4.78 is 49.5. The first-order valence-electron chi connectivity index (χ1n) is 8.85. The van der Waals surface area contributed by atoms with E-state index in [0.717, 1.165) is 22.0 Å². The van der Waals surface area contributed by atoms with Gasteiger partial charge in [0.25, 0.3) is 0 Å². The highest BCUT2D eigenvalue weighted by Crippen LogP contribution is 2.27. The van der Waals surface area contributed by atoms with Crippen LogP contribution in [0.3, 0.4) is 0 Å². The number of carbonyl (C=O) groups excluding carboxylic acids is 1. The molecule has 0 bridgehead atoms. The zero-order valence-corrected chi connectivity index (χ0v) is 17.7. The Labute approximate surface area is 170 Å². The second-order valence-corrected chi connectivity index (χ2v) is 8.51. The van der Waals surface area contributed by atoms with E-state index in [1.165, 1.54) is 24.1 Å². The maximum absolute atomic E-state index is 13.0. The van der Waals surface area contributed by atoms with Crippen LogP contribution in [0.4, 0.5) is 4.39 Å². The van der Waals surface area contributed by atoms with Gasteiger partial charge in [0.2, 0.25) is 15.9 Å². The smallest absolute Gasteiger partial charge is 0.243 e. The van der Waals surface area contributed by atoms with Gasteiger partial charge in [0.05, 0.1) is 25.7 Å². The number of halogens is 1. The van der Waals surface area contributed by atoms with E-state index in [-0.39, 0.29) is 17.3 Å². The van der Waals surface area contributed by atoms with E-state index in [9.17, 15) is 17.6 Å². The number of rotatable bonds is 9. The third-order valence-corrected chi connectivity index (χ3v) is 6.31. The molecule has 0 saturated carbocycles. The van der Waals surface area contributed by atoms with Crippen molar-refractivity contribution in [1.82, 2.24) is 9.21 Å². The maximum atomic E-state index is 13.0. The molecule has 158 valence electrons. The predicted molar refractivity (Wildman–Crippen MR) is 107 cm³/mol. The Morgan fingerprint density at radius 3 is 2.21 bits per heavy atom. The normalized spacial score (nSPS) is 11.4. The number of hydrogen-bond acceptors (Lipinski definition) is 5. The molecule has 0 unspecified atom stereocenters. The number of amides is 1. The lowest BCUT2D eigenvalue weighted by atomic mass is 10.1. The van der Waals surface area contributed by atoms with Crippen molar-refractivity contribution in [2.45, 2.75) is 11.3 Å². The summed E-state index contributed by atoms with van der Waals surface area (Å²) >= 11 is 0. The number of hydrogen-bond donors (Lipinski definition) is 0. The van der Waals surface area contributed by atoms with Crippen molar-refractivity contribution < 1.29 is 27.1 Å². The molecule has 0 aliphatic heterocycles. The van der Waals surface area contributed by atoms with Gasteiger partial charge < -0.3 is 14.4 Å². The van der Waals surface area contributed by atoms with Crippen LogP contribution >= 0.6 is 0 Å². The van der Waals surface area contributed by atoms with Crippen LogP contribution in [0.1, 0.15) is 5.56 Å². The molecule has 0 aliphatic rings. The van der Waals surface area contributed by atoms with Crippen LogP contribution in [0.2, 0.25) is 0 Å². The van der Waals surface area contributed by atoms with E-state index in [4.69, 9.17) is 9.47 Å². The lowest BCUT2D eigenvalue weighted by Crippen LogP contribution is -2.40. The summed E-state index contributed by atoms with van der Waals surface area (Å²) in [7, 11) is 2.16. The molecule has 0 atom stereocenters. The van der Waals surface area contributed by atoms with Crippen molar-refractivity contribution in [3.8, 4) is 11.5 Å². The zero-order valence-electron chi connectivity index (χ0n) is 16.9. The number of ether oxygens (including phenoxy) is 2. The molecule has 0 aromatic heterocycles. The Morgan fingerprint density at radius 2 is 1.62 bits per heavy atom. The Bertz CT molecular complexity index is 948. The summed E-state index contributed by atoms with van der Waals surface area (Å²) in [6.07, 6.45) is 0.566. The minimum Gasteiger partial charge on any atom is -0.493 e. The highest BCUT2D eigenvalue weighted by Gasteiger charge is 2.24. The van der Waals surface area contributed by atoms with Gasteiger partial charge in [-0.25, -0.2) is 12.8 Å². The van der Waals surface area contributed by atoms with Crippen molar-refractivity contribution in [3.05, 3.63) is 53.8 Å². The summed E-state index contributed by atoms with van der Waals surface area (Å²) in [6, 6.07) is 9.99. The van der Waals surface area contributed by atoms with Gasteiger partial charge in [-0.15, -0.1) is 0 Å². The first kappa shape index (κ1) is 22.6. The third kappa shape index (κ3) is 5.68. The van der Waals surface area contributed by atoms with Crippen molar-refractivity contribution in [3.63, 3.8) is 0 Å². The number of benzene rings is 2. The molecule has 7 nitrogen and oxygen atoms in total. The molecule has 0 N–H and O–H groups in total. The van der Waals surface area contributed by atoms with E-state index in [2.05, 4.69) is 0 Å². The molecule has 0 fully saturated rings. The van der Waals surface area contributed by atoms with Gasteiger partial charge >= 0.3 is 0 Å². The molecule has 0 spiro atoms. The SMILES string of the molecule is COc1ccc(CCN(C)C(=O)CN(C)S(=O)(=O)c2ccc(F)cc2)cc1OC. The molecule has 0 radical (unpaired) electrons. The standard InChI is InChI=1S/C20H25FN2O5S/c1-22(12-11-15-5-10-18(27-3)19(13-15)28-4)20(24)14-23(2)29(25,26)17-8-6-16(21)7-9-17/h5-10,13H,11-12,14H2,1-4H3. The molecule has 9 heteroatoms. The van der Waals surface area contributed by atoms with Gasteiger partial charge in [-0.2, -0.15) is 4.31 Å². The summed E-state index contributed by atoms with van der Waals surface area (Å²) in [5.41, 5.74) is 0.953. The fraction of sp³-hybridized carbons (Fsp3) is 0.350. The molecule has 1 amide bonds. The molecular weight excluding hydrogens is 399 g/mol. The van der Waals surface area contributed by atoms with Crippen LogP contribution in [-0.2, 0) is 21.2 Å². The molecule has 2 rings (SSSR count). The van der Waals surface area contributed by atoms with Crippen LogP contribution in [0, 0.1) is 5.82 Å². The van der Waals surface area contributed by atoms with Crippen LogP contribution in [0.25, 0.3) is 0 Å². The summed E-state index contributed by atoms with van der Waals surface area (Å²) in [5, 5.41) is 0. The van der Waals surface area contributed by atoms with Gasteiger partial charge in [0.1, 0.15) is 5.82 Å². The number of likely N-dealkylation sites (N-methyl/N-ethyl adjacent to an activating group) is 2. The second-order valence-electron chi connectivity index (χ2n) is 6.47. The molecule has 0 heterocycles. The van der Waals surface area contributed by atoms with Gasteiger partial charge in [0, 0.05) is 20.6 Å². The molecule has 0 aliphatic carbocycles. The average molecular weight is 424 g/mol. The molecule has 29 heavy (non-hydrogen) atoms. The molecule has 2 aromatic rings. The topological polar surface area (TPSA) is 76.2 Å². The van der Waals surface area contributed by atoms with Crippen LogP contribution in [-0.4, -0.2) is 64.9 Å².